The molecule has 0 spiro atoms. The first-order valence-electron chi connectivity index (χ1n) is 5.76. The van der Waals surface area contributed by atoms with Crippen LogP contribution in [-0.4, -0.2) is 43.8 Å². The number of rotatable bonds is 7. The van der Waals surface area contributed by atoms with E-state index in [4.69, 9.17) is 9.26 Å². The molecule has 6 heteroatoms. The van der Waals surface area contributed by atoms with Crippen LogP contribution in [0.1, 0.15) is 18.4 Å². The van der Waals surface area contributed by atoms with E-state index in [2.05, 4.69) is 9.89 Å². The minimum Gasteiger partial charge on any atom is -0.469 e. The lowest BCUT2D eigenvalue weighted by Gasteiger charge is -2.18. The van der Waals surface area contributed by atoms with Crippen LogP contribution in [-0.2, 0) is 27.4 Å². The van der Waals surface area contributed by atoms with Crippen molar-refractivity contribution >= 4 is 5.97 Å². The first-order chi connectivity index (χ1) is 8.56. The Labute approximate surface area is 107 Å². The third-order valence-corrected chi connectivity index (χ3v) is 2.52. The zero-order valence-corrected chi connectivity index (χ0v) is 11.3. The lowest BCUT2D eigenvalue weighted by molar-refractivity contribution is -0.145. The number of aromatic nitrogens is 1. The number of hydrogen-bond acceptors (Lipinski definition) is 6. The van der Waals surface area contributed by atoms with Gasteiger partial charge in [-0.2, -0.15) is 0 Å². The van der Waals surface area contributed by atoms with Crippen LogP contribution in [0.3, 0.4) is 0 Å². The van der Waals surface area contributed by atoms with Crippen molar-refractivity contribution in [3.8, 4) is 0 Å². The highest BCUT2D eigenvalue weighted by atomic mass is 16.5. The number of hydrogen-bond donors (Lipinski definition) is 0. The van der Waals surface area contributed by atoms with Gasteiger partial charge in [-0.1, -0.05) is 12.1 Å². The minimum absolute atomic E-state index is 0.162. The van der Waals surface area contributed by atoms with Crippen molar-refractivity contribution in [2.45, 2.75) is 20.1 Å². The molecule has 0 aliphatic carbocycles. The standard InChI is InChI=1S/C12H20N2O4/c1-9(12(15)17-4)6-14(2)7-10-5-11(8-16-3)18-13-10/h5,9H,6-8H2,1-4H3. The number of methoxy groups -OCH3 is 2. The van der Waals surface area contributed by atoms with E-state index in [1.807, 2.05) is 24.9 Å². The SMILES string of the molecule is COCc1cc(CN(C)CC(C)C(=O)OC)no1. The second-order valence-electron chi connectivity index (χ2n) is 4.34. The van der Waals surface area contributed by atoms with E-state index in [-0.39, 0.29) is 11.9 Å². The molecule has 1 aromatic rings. The lowest BCUT2D eigenvalue weighted by atomic mass is 10.1. The van der Waals surface area contributed by atoms with Crippen LogP contribution in [0.5, 0.6) is 0 Å². The second kappa shape index (κ2) is 7.13. The van der Waals surface area contributed by atoms with Gasteiger partial charge in [0.2, 0.25) is 0 Å². The first kappa shape index (κ1) is 14.7. The fraction of sp³-hybridized carbons (Fsp3) is 0.667. The van der Waals surface area contributed by atoms with Gasteiger partial charge in [0.05, 0.1) is 18.7 Å². The molecule has 6 nitrogen and oxygen atoms in total. The van der Waals surface area contributed by atoms with Crippen molar-refractivity contribution in [1.29, 1.82) is 0 Å². The van der Waals surface area contributed by atoms with Crippen LogP contribution < -0.4 is 0 Å². The second-order valence-corrected chi connectivity index (χ2v) is 4.34. The van der Waals surface area contributed by atoms with Gasteiger partial charge < -0.3 is 14.0 Å². The number of nitrogens with zero attached hydrogens (tertiary/aromatic N) is 2. The number of esters is 1. The molecule has 1 heterocycles. The maximum absolute atomic E-state index is 11.3. The fourth-order valence-corrected chi connectivity index (χ4v) is 1.72. The van der Waals surface area contributed by atoms with Crippen LogP contribution in [0.2, 0.25) is 0 Å². The van der Waals surface area contributed by atoms with Gasteiger partial charge in [-0.25, -0.2) is 0 Å². The molecule has 102 valence electrons. The van der Waals surface area contributed by atoms with E-state index in [1.165, 1.54) is 7.11 Å². The summed E-state index contributed by atoms with van der Waals surface area (Å²) in [6, 6.07) is 1.85. The molecule has 1 unspecified atom stereocenters. The molecule has 18 heavy (non-hydrogen) atoms. The van der Waals surface area contributed by atoms with Crippen LogP contribution in [0.4, 0.5) is 0 Å². The molecule has 1 rings (SSSR count). The summed E-state index contributed by atoms with van der Waals surface area (Å²) in [6.45, 7) is 3.48. The van der Waals surface area contributed by atoms with Gasteiger partial charge >= 0.3 is 5.97 Å². The molecule has 0 radical (unpaired) electrons. The molecule has 1 aromatic heterocycles. The highest BCUT2D eigenvalue weighted by Crippen LogP contribution is 2.09. The zero-order valence-electron chi connectivity index (χ0n) is 11.3. The predicted molar refractivity (Wildman–Crippen MR) is 64.7 cm³/mol. The Hall–Kier alpha value is -1.40. The maximum atomic E-state index is 11.3. The monoisotopic (exact) mass is 256 g/mol. The molecule has 0 saturated carbocycles. The fourth-order valence-electron chi connectivity index (χ4n) is 1.72. The normalized spacial score (nSPS) is 12.7. The quantitative estimate of drug-likeness (QED) is 0.680. The van der Waals surface area contributed by atoms with Gasteiger partial charge in [0.15, 0.2) is 5.76 Å². The van der Waals surface area contributed by atoms with Gasteiger partial charge in [0.25, 0.3) is 0 Å². The maximum Gasteiger partial charge on any atom is 0.309 e. The third kappa shape index (κ3) is 4.46. The van der Waals surface area contributed by atoms with Gasteiger partial charge in [0, 0.05) is 26.3 Å². The van der Waals surface area contributed by atoms with Crippen molar-refractivity contribution < 1.29 is 18.8 Å². The van der Waals surface area contributed by atoms with E-state index >= 15 is 0 Å². The molecule has 0 amide bonds. The molecule has 0 aromatic carbocycles. The zero-order chi connectivity index (χ0) is 13.5. The Kier molecular flexibility index (Phi) is 5.80. The summed E-state index contributed by atoms with van der Waals surface area (Å²) in [5, 5.41) is 3.93. The third-order valence-electron chi connectivity index (χ3n) is 2.52. The van der Waals surface area contributed by atoms with E-state index < -0.39 is 0 Å². The van der Waals surface area contributed by atoms with Gasteiger partial charge in [0.1, 0.15) is 6.61 Å². The first-order valence-corrected chi connectivity index (χ1v) is 5.76. The predicted octanol–water partition coefficient (Wildman–Crippen LogP) is 1.06. The van der Waals surface area contributed by atoms with E-state index in [1.54, 1.807) is 7.11 Å². The summed E-state index contributed by atoms with van der Waals surface area (Å²) in [7, 11) is 4.92. The number of ether oxygens (including phenoxy) is 2. The largest absolute Gasteiger partial charge is 0.469 e. The van der Waals surface area contributed by atoms with Gasteiger partial charge in [-0.05, 0) is 7.05 Å². The summed E-state index contributed by atoms with van der Waals surface area (Å²) in [5.41, 5.74) is 0.821. The Morgan fingerprint density at radius 2 is 2.28 bits per heavy atom. The summed E-state index contributed by atoms with van der Waals surface area (Å²) in [6.07, 6.45) is 0. The summed E-state index contributed by atoms with van der Waals surface area (Å²) < 4.78 is 14.7. The number of carbonyl (C=O) groups excluding carboxylic acids is 1. The molecule has 0 saturated heterocycles. The van der Waals surface area contributed by atoms with Crippen molar-refractivity contribution in [3.63, 3.8) is 0 Å². The average Bonchev–Trinajstić information content (AvgIpc) is 2.75. The van der Waals surface area contributed by atoms with Gasteiger partial charge in [-0.3, -0.25) is 9.69 Å². The van der Waals surface area contributed by atoms with Crippen LogP contribution in [0, 0.1) is 5.92 Å². The van der Waals surface area contributed by atoms with Crippen LogP contribution >= 0.6 is 0 Å². The van der Waals surface area contributed by atoms with Crippen molar-refractivity contribution in [2.24, 2.45) is 5.92 Å². The van der Waals surface area contributed by atoms with Crippen molar-refractivity contribution in [3.05, 3.63) is 17.5 Å². The molecule has 0 aliphatic heterocycles. The molecule has 0 bridgehead atoms. The van der Waals surface area contributed by atoms with E-state index in [9.17, 15) is 4.79 Å². The summed E-state index contributed by atoms with van der Waals surface area (Å²) >= 11 is 0. The highest BCUT2D eigenvalue weighted by Gasteiger charge is 2.16. The Morgan fingerprint density at radius 1 is 1.56 bits per heavy atom. The lowest BCUT2D eigenvalue weighted by Crippen LogP contribution is -2.29. The average molecular weight is 256 g/mol. The highest BCUT2D eigenvalue weighted by molar-refractivity contribution is 5.72. The molecular formula is C12H20N2O4. The Bertz CT molecular complexity index is 378. The molecule has 0 aliphatic rings. The molecule has 0 fully saturated rings. The molecule has 1 atom stereocenters. The topological polar surface area (TPSA) is 64.8 Å². The minimum atomic E-state index is -0.206. The van der Waals surface area contributed by atoms with E-state index in [0.29, 0.717) is 25.5 Å². The Balaban J connectivity index is 2.43. The summed E-state index contributed by atoms with van der Waals surface area (Å²) in [4.78, 5) is 13.3. The van der Waals surface area contributed by atoms with Crippen LogP contribution in [0.15, 0.2) is 10.6 Å². The Morgan fingerprint density at radius 3 is 2.89 bits per heavy atom. The smallest absolute Gasteiger partial charge is 0.309 e. The molecular weight excluding hydrogens is 236 g/mol. The van der Waals surface area contributed by atoms with Crippen LogP contribution in [0.25, 0.3) is 0 Å². The number of carbonyl (C=O) groups is 1. The van der Waals surface area contributed by atoms with E-state index in [0.717, 1.165) is 5.69 Å². The van der Waals surface area contributed by atoms with Crippen molar-refractivity contribution in [2.75, 3.05) is 27.8 Å². The molecule has 0 N–H and O–H groups in total. The summed E-state index contributed by atoms with van der Waals surface area (Å²) in [5.74, 6) is 0.328. The van der Waals surface area contributed by atoms with Crippen molar-refractivity contribution in [1.82, 2.24) is 10.1 Å². The van der Waals surface area contributed by atoms with Gasteiger partial charge in [-0.15, -0.1) is 0 Å².